The number of carboxylic acid groups (broad SMARTS) is 1. The Morgan fingerprint density at radius 3 is 1.91 bits per heavy atom. The first-order valence-corrected chi connectivity index (χ1v) is 7.99. The van der Waals surface area contributed by atoms with Crippen molar-refractivity contribution in [3.63, 3.8) is 0 Å². The van der Waals surface area contributed by atoms with Gasteiger partial charge in [-0.05, 0) is 19.3 Å². The third-order valence-electron chi connectivity index (χ3n) is 3.34. The third-order valence-corrected chi connectivity index (χ3v) is 3.34. The molecule has 0 bridgehead atoms. The molecule has 0 aromatic rings. The van der Waals surface area contributed by atoms with Gasteiger partial charge in [0.2, 0.25) is 0 Å². The van der Waals surface area contributed by atoms with E-state index >= 15 is 0 Å². The largest absolute Gasteiger partial charge is 0.480 e. The molecule has 1 heterocycles. The van der Waals surface area contributed by atoms with Crippen LogP contribution in [0.5, 0.6) is 0 Å². The van der Waals surface area contributed by atoms with E-state index in [1.54, 1.807) is 0 Å². The second-order valence-electron chi connectivity index (χ2n) is 5.24. The highest BCUT2D eigenvalue weighted by molar-refractivity contribution is 6.14. The summed E-state index contributed by atoms with van der Waals surface area (Å²) in [6.45, 7) is 2.45. The summed E-state index contributed by atoms with van der Waals surface area (Å²) in [5, 5.41) is 25.2. The van der Waals surface area contributed by atoms with Crippen LogP contribution in [-0.2, 0) is 14.4 Å². The number of aliphatic hydroxyl groups excluding tert-OH is 2. The predicted octanol–water partition coefficient (Wildman–Crippen LogP) is 1.09. The van der Waals surface area contributed by atoms with Crippen LogP contribution in [-0.4, -0.2) is 57.3 Å². The Labute approximate surface area is 136 Å². The number of carbonyl (C=O) groups is 3. The van der Waals surface area contributed by atoms with Gasteiger partial charge in [0.25, 0.3) is 11.8 Å². The number of nitrogens with zero attached hydrogens (tertiary/aromatic N) is 1. The summed E-state index contributed by atoms with van der Waals surface area (Å²) < 4.78 is 0. The van der Waals surface area contributed by atoms with Gasteiger partial charge in [0.1, 0.15) is 6.04 Å². The van der Waals surface area contributed by atoms with Crippen molar-refractivity contribution in [2.75, 3.05) is 13.2 Å². The van der Waals surface area contributed by atoms with Crippen LogP contribution in [0, 0.1) is 0 Å². The van der Waals surface area contributed by atoms with E-state index in [9.17, 15) is 14.4 Å². The molecule has 0 aliphatic carbocycles. The quantitative estimate of drug-likeness (QED) is 0.408. The zero-order valence-corrected chi connectivity index (χ0v) is 13.6. The predicted molar refractivity (Wildman–Crippen MR) is 84.6 cm³/mol. The first-order valence-electron chi connectivity index (χ1n) is 7.99. The highest BCUT2D eigenvalue weighted by Gasteiger charge is 2.35. The van der Waals surface area contributed by atoms with Crippen molar-refractivity contribution in [1.82, 2.24) is 4.90 Å². The van der Waals surface area contributed by atoms with Crippen LogP contribution in [0.1, 0.15) is 51.9 Å². The summed E-state index contributed by atoms with van der Waals surface area (Å²) in [6.07, 6.45) is 7.72. The summed E-state index contributed by atoms with van der Waals surface area (Å²) in [6, 6.07) is -1.03. The molecule has 1 unspecified atom stereocenters. The second kappa shape index (κ2) is 12.8. The Morgan fingerprint density at radius 1 is 1.00 bits per heavy atom. The number of aliphatic hydroxyl groups is 2. The normalized spacial score (nSPS) is 14.7. The van der Waals surface area contributed by atoms with Crippen LogP contribution in [0.15, 0.2) is 12.2 Å². The molecule has 0 spiro atoms. The van der Waals surface area contributed by atoms with Crippen molar-refractivity contribution in [2.45, 2.75) is 57.9 Å². The highest BCUT2D eigenvalue weighted by Crippen LogP contribution is 2.16. The SMILES string of the molecule is CCCCCCC(C(=O)O)N1C(=O)C=CC1=O.OCCCCO. The van der Waals surface area contributed by atoms with E-state index in [1.807, 2.05) is 0 Å². The summed E-state index contributed by atoms with van der Waals surface area (Å²) >= 11 is 0. The molecule has 132 valence electrons. The lowest BCUT2D eigenvalue weighted by atomic mass is 10.1. The van der Waals surface area contributed by atoms with Crippen molar-refractivity contribution in [1.29, 1.82) is 0 Å². The Kier molecular flexibility index (Phi) is 11.8. The number of carbonyl (C=O) groups excluding carboxylic acids is 2. The monoisotopic (exact) mass is 329 g/mol. The maximum absolute atomic E-state index is 11.4. The van der Waals surface area contributed by atoms with Crippen molar-refractivity contribution in [3.8, 4) is 0 Å². The average Bonchev–Trinajstić information content (AvgIpc) is 2.85. The lowest BCUT2D eigenvalue weighted by molar-refractivity contribution is -0.153. The van der Waals surface area contributed by atoms with Crippen molar-refractivity contribution >= 4 is 17.8 Å². The Bertz CT molecular complexity index is 385. The van der Waals surface area contributed by atoms with Gasteiger partial charge in [-0.1, -0.05) is 32.6 Å². The van der Waals surface area contributed by atoms with Gasteiger partial charge in [-0.3, -0.25) is 14.5 Å². The molecule has 23 heavy (non-hydrogen) atoms. The van der Waals surface area contributed by atoms with Gasteiger partial charge >= 0.3 is 5.97 Å². The number of rotatable bonds is 10. The Morgan fingerprint density at radius 2 is 1.52 bits per heavy atom. The first-order chi connectivity index (χ1) is 11.0. The molecule has 1 rings (SSSR count). The molecule has 2 amide bonds. The van der Waals surface area contributed by atoms with Gasteiger partial charge in [-0.25, -0.2) is 4.79 Å². The highest BCUT2D eigenvalue weighted by atomic mass is 16.4. The second-order valence-corrected chi connectivity index (χ2v) is 5.24. The minimum absolute atomic E-state index is 0.195. The van der Waals surface area contributed by atoms with Crippen LogP contribution in [0.2, 0.25) is 0 Å². The standard InChI is InChI=1S/C12H17NO4.C4H10O2/c1-2-3-4-5-6-9(12(16)17)13-10(14)7-8-11(13)15;5-3-1-2-4-6/h7-9H,2-6H2,1H3,(H,16,17);5-6H,1-4H2. The Hall–Kier alpha value is -1.73. The van der Waals surface area contributed by atoms with Gasteiger partial charge in [-0.2, -0.15) is 0 Å². The first kappa shape index (κ1) is 21.3. The van der Waals surface area contributed by atoms with E-state index in [1.165, 1.54) is 0 Å². The average molecular weight is 329 g/mol. The molecule has 0 radical (unpaired) electrons. The van der Waals surface area contributed by atoms with Crippen molar-refractivity contribution in [2.24, 2.45) is 0 Å². The number of imide groups is 1. The maximum atomic E-state index is 11.4. The van der Waals surface area contributed by atoms with Gasteiger partial charge in [0.05, 0.1) is 0 Å². The fourth-order valence-corrected chi connectivity index (χ4v) is 2.07. The number of carboxylic acids is 1. The number of hydrogen-bond donors (Lipinski definition) is 3. The lowest BCUT2D eigenvalue weighted by Crippen LogP contribution is -2.44. The molecular formula is C16H27NO6. The van der Waals surface area contributed by atoms with E-state index in [2.05, 4.69) is 6.92 Å². The van der Waals surface area contributed by atoms with Crippen LogP contribution < -0.4 is 0 Å². The van der Waals surface area contributed by atoms with Gasteiger partial charge < -0.3 is 15.3 Å². The Balaban J connectivity index is 0.000000688. The number of unbranched alkanes of at least 4 members (excludes halogenated alkanes) is 4. The minimum atomic E-state index is -1.12. The molecule has 0 fully saturated rings. The number of amides is 2. The fourth-order valence-electron chi connectivity index (χ4n) is 2.07. The van der Waals surface area contributed by atoms with Gasteiger partial charge in [0.15, 0.2) is 0 Å². The summed E-state index contributed by atoms with van der Waals surface area (Å²) in [4.78, 5) is 34.6. The maximum Gasteiger partial charge on any atom is 0.326 e. The smallest absolute Gasteiger partial charge is 0.326 e. The zero-order valence-electron chi connectivity index (χ0n) is 13.6. The van der Waals surface area contributed by atoms with Crippen molar-refractivity contribution < 1.29 is 29.7 Å². The zero-order chi connectivity index (χ0) is 17.7. The summed E-state index contributed by atoms with van der Waals surface area (Å²) in [7, 11) is 0. The molecule has 1 aliphatic rings. The fraction of sp³-hybridized carbons (Fsp3) is 0.688. The molecular weight excluding hydrogens is 302 g/mol. The van der Waals surface area contributed by atoms with Crippen LogP contribution in [0.4, 0.5) is 0 Å². The van der Waals surface area contributed by atoms with E-state index < -0.39 is 23.8 Å². The number of aliphatic carboxylic acids is 1. The molecule has 1 aliphatic heterocycles. The molecule has 0 saturated heterocycles. The summed E-state index contributed by atoms with van der Waals surface area (Å²) in [5.41, 5.74) is 0. The molecule has 7 heteroatoms. The molecule has 0 aromatic carbocycles. The van der Waals surface area contributed by atoms with Crippen LogP contribution in [0.3, 0.4) is 0 Å². The van der Waals surface area contributed by atoms with Gasteiger partial charge in [-0.15, -0.1) is 0 Å². The molecule has 0 saturated carbocycles. The van der Waals surface area contributed by atoms with Crippen LogP contribution in [0.25, 0.3) is 0 Å². The van der Waals surface area contributed by atoms with E-state index in [-0.39, 0.29) is 13.2 Å². The van der Waals surface area contributed by atoms with E-state index in [0.29, 0.717) is 12.8 Å². The molecule has 3 N–H and O–H groups in total. The van der Waals surface area contributed by atoms with E-state index in [4.69, 9.17) is 15.3 Å². The van der Waals surface area contributed by atoms with Crippen LogP contribution >= 0.6 is 0 Å². The lowest BCUT2D eigenvalue weighted by Gasteiger charge is -2.22. The van der Waals surface area contributed by atoms with Gasteiger partial charge in [0, 0.05) is 25.4 Å². The number of hydrogen-bond acceptors (Lipinski definition) is 5. The van der Waals surface area contributed by atoms with E-state index in [0.717, 1.165) is 49.2 Å². The topological polar surface area (TPSA) is 115 Å². The van der Waals surface area contributed by atoms with Crippen molar-refractivity contribution in [3.05, 3.63) is 12.2 Å². The third kappa shape index (κ3) is 8.47. The minimum Gasteiger partial charge on any atom is -0.480 e. The molecule has 7 nitrogen and oxygen atoms in total. The molecule has 1 atom stereocenters. The molecule has 0 aromatic heterocycles. The summed E-state index contributed by atoms with van der Waals surface area (Å²) in [5.74, 6) is -2.18.